The molecule has 7 heteroatoms. The summed E-state index contributed by atoms with van der Waals surface area (Å²) in [6.45, 7) is 4.08. The van der Waals surface area contributed by atoms with Crippen LogP contribution in [0.25, 0.3) is 11.4 Å². The lowest BCUT2D eigenvalue weighted by atomic mass is 9.96. The van der Waals surface area contributed by atoms with Gasteiger partial charge in [0.1, 0.15) is 5.82 Å². The molecule has 29 heavy (non-hydrogen) atoms. The summed E-state index contributed by atoms with van der Waals surface area (Å²) in [7, 11) is 0. The van der Waals surface area contributed by atoms with Crippen molar-refractivity contribution in [3.05, 3.63) is 65.8 Å². The summed E-state index contributed by atoms with van der Waals surface area (Å²) in [5.41, 5.74) is 2.34. The molecule has 0 saturated carbocycles. The van der Waals surface area contributed by atoms with Gasteiger partial charge in [0.2, 0.25) is 17.6 Å². The highest BCUT2D eigenvalue weighted by Crippen LogP contribution is 2.23. The number of anilines is 1. The number of para-hydroxylation sites is 1. The maximum Gasteiger partial charge on any atom is 0.241 e. The molecule has 4 rings (SSSR count). The average Bonchev–Trinajstić information content (AvgIpc) is 3.19. The number of benzene rings is 2. The minimum absolute atomic E-state index is 0.128. The van der Waals surface area contributed by atoms with Crippen LogP contribution in [0.3, 0.4) is 0 Å². The number of carbonyl (C=O) groups is 1. The van der Waals surface area contributed by atoms with Crippen molar-refractivity contribution in [1.82, 2.24) is 15.0 Å². The van der Waals surface area contributed by atoms with Crippen LogP contribution in [0.1, 0.15) is 24.3 Å². The van der Waals surface area contributed by atoms with Crippen LogP contribution in [0.5, 0.6) is 0 Å². The minimum Gasteiger partial charge on any atom is -0.338 e. The molecule has 1 aliphatic rings. The van der Waals surface area contributed by atoms with Gasteiger partial charge in [0.25, 0.3) is 0 Å². The summed E-state index contributed by atoms with van der Waals surface area (Å²) in [6.07, 6.45) is 1.42. The Balaban J connectivity index is 1.29. The zero-order chi connectivity index (χ0) is 20.2. The molecule has 0 atom stereocenters. The van der Waals surface area contributed by atoms with Crippen LogP contribution in [-0.2, 0) is 11.3 Å². The zero-order valence-electron chi connectivity index (χ0n) is 16.3. The third-order valence-electron chi connectivity index (χ3n) is 5.23. The third-order valence-corrected chi connectivity index (χ3v) is 5.23. The molecule has 1 amide bonds. The molecule has 1 fully saturated rings. The van der Waals surface area contributed by atoms with Crippen molar-refractivity contribution in [3.8, 4) is 11.4 Å². The Kier molecular flexibility index (Phi) is 5.67. The molecule has 0 bridgehead atoms. The Hall–Kier alpha value is -3.06. The first-order chi connectivity index (χ1) is 14.1. The van der Waals surface area contributed by atoms with Gasteiger partial charge >= 0.3 is 0 Å². The van der Waals surface area contributed by atoms with Gasteiger partial charge in [0, 0.05) is 11.5 Å². The maximum absolute atomic E-state index is 13.7. The third kappa shape index (κ3) is 4.68. The van der Waals surface area contributed by atoms with Crippen LogP contribution in [0.15, 0.2) is 53.1 Å². The molecule has 0 radical (unpaired) electrons. The van der Waals surface area contributed by atoms with Crippen LogP contribution >= 0.6 is 0 Å². The van der Waals surface area contributed by atoms with E-state index >= 15 is 0 Å². The molecule has 3 aromatic rings. The number of nitrogens with one attached hydrogen (secondary N) is 1. The first kappa shape index (κ1) is 19.3. The number of aromatic nitrogens is 2. The SMILES string of the molecule is Cc1ccc(-c2noc(CN3CCC(C(=O)Nc4ccccc4F)CC3)n2)cc1. The number of hydrogen-bond acceptors (Lipinski definition) is 5. The zero-order valence-corrected chi connectivity index (χ0v) is 16.3. The molecule has 150 valence electrons. The van der Waals surface area contributed by atoms with Gasteiger partial charge in [0.15, 0.2) is 0 Å². The van der Waals surface area contributed by atoms with Crippen LogP contribution in [-0.4, -0.2) is 34.0 Å². The average molecular weight is 394 g/mol. The van der Waals surface area contributed by atoms with E-state index in [9.17, 15) is 9.18 Å². The van der Waals surface area contributed by atoms with Crippen molar-refractivity contribution in [1.29, 1.82) is 0 Å². The van der Waals surface area contributed by atoms with Crippen LogP contribution in [0.4, 0.5) is 10.1 Å². The normalized spacial score (nSPS) is 15.4. The molecule has 0 unspecified atom stereocenters. The number of hydrogen-bond donors (Lipinski definition) is 1. The summed E-state index contributed by atoms with van der Waals surface area (Å²) in [6, 6.07) is 14.2. The highest BCUT2D eigenvalue weighted by Gasteiger charge is 2.26. The Morgan fingerprint density at radius 3 is 2.62 bits per heavy atom. The molecule has 0 spiro atoms. The second-order valence-corrected chi connectivity index (χ2v) is 7.40. The number of aryl methyl sites for hydroxylation is 1. The van der Waals surface area contributed by atoms with Gasteiger partial charge in [-0.3, -0.25) is 9.69 Å². The van der Waals surface area contributed by atoms with Gasteiger partial charge in [-0.15, -0.1) is 0 Å². The smallest absolute Gasteiger partial charge is 0.241 e. The number of likely N-dealkylation sites (tertiary alicyclic amines) is 1. The predicted molar refractivity (Wildman–Crippen MR) is 108 cm³/mol. The van der Waals surface area contributed by atoms with E-state index in [1.54, 1.807) is 18.2 Å². The molecule has 1 N–H and O–H groups in total. The standard InChI is InChI=1S/C22H23FN4O2/c1-15-6-8-16(9-7-15)21-25-20(29-26-21)14-27-12-10-17(11-13-27)22(28)24-19-5-3-2-4-18(19)23/h2-9,17H,10-14H2,1H3,(H,24,28). The summed E-state index contributed by atoms with van der Waals surface area (Å²) in [5, 5.41) is 6.76. The molecular formula is C22H23FN4O2. The lowest BCUT2D eigenvalue weighted by molar-refractivity contribution is -0.121. The Bertz CT molecular complexity index is 978. The van der Waals surface area contributed by atoms with E-state index in [2.05, 4.69) is 20.4 Å². The first-order valence-electron chi connectivity index (χ1n) is 9.76. The number of nitrogens with zero attached hydrogens (tertiary/aromatic N) is 3. The van der Waals surface area contributed by atoms with E-state index in [0.29, 0.717) is 31.1 Å². The molecule has 0 aliphatic carbocycles. The second kappa shape index (κ2) is 8.53. The fourth-order valence-corrected chi connectivity index (χ4v) is 3.48. The van der Waals surface area contributed by atoms with Crippen molar-refractivity contribution >= 4 is 11.6 Å². The van der Waals surface area contributed by atoms with Crippen LogP contribution < -0.4 is 5.32 Å². The fourth-order valence-electron chi connectivity index (χ4n) is 3.48. The predicted octanol–water partition coefficient (Wildman–Crippen LogP) is 4.03. The van der Waals surface area contributed by atoms with E-state index in [1.807, 2.05) is 31.2 Å². The van der Waals surface area contributed by atoms with Gasteiger partial charge in [-0.25, -0.2) is 4.39 Å². The summed E-state index contributed by atoms with van der Waals surface area (Å²) in [5.74, 6) is 0.471. The van der Waals surface area contributed by atoms with Crippen LogP contribution in [0, 0.1) is 18.7 Å². The van der Waals surface area contributed by atoms with Crippen LogP contribution in [0.2, 0.25) is 0 Å². The topological polar surface area (TPSA) is 71.3 Å². The highest BCUT2D eigenvalue weighted by molar-refractivity contribution is 5.92. The van der Waals surface area contributed by atoms with Crippen molar-refractivity contribution < 1.29 is 13.7 Å². The molecule has 2 heterocycles. The first-order valence-corrected chi connectivity index (χ1v) is 9.76. The number of carbonyl (C=O) groups excluding carboxylic acids is 1. The van der Waals surface area contributed by atoms with E-state index < -0.39 is 5.82 Å². The Morgan fingerprint density at radius 1 is 1.17 bits per heavy atom. The lowest BCUT2D eigenvalue weighted by Gasteiger charge is -2.30. The van der Waals surface area contributed by atoms with Gasteiger partial charge in [-0.05, 0) is 45.0 Å². The Morgan fingerprint density at radius 2 is 1.90 bits per heavy atom. The Labute approximate surface area is 168 Å². The largest absolute Gasteiger partial charge is 0.338 e. The molecule has 1 aromatic heterocycles. The summed E-state index contributed by atoms with van der Waals surface area (Å²) in [4.78, 5) is 19.1. The van der Waals surface area contributed by atoms with E-state index in [-0.39, 0.29) is 17.5 Å². The number of amides is 1. The van der Waals surface area contributed by atoms with Crippen molar-refractivity contribution in [3.63, 3.8) is 0 Å². The summed E-state index contributed by atoms with van der Waals surface area (Å²) < 4.78 is 19.1. The van der Waals surface area contributed by atoms with Gasteiger partial charge in [0.05, 0.1) is 12.2 Å². The van der Waals surface area contributed by atoms with Crippen molar-refractivity contribution in [2.45, 2.75) is 26.3 Å². The van der Waals surface area contributed by atoms with Crippen molar-refractivity contribution in [2.75, 3.05) is 18.4 Å². The minimum atomic E-state index is -0.418. The van der Waals surface area contributed by atoms with Crippen molar-refractivity contribution in [2.24, 2.45) is 5.92 Å². The highest BCUT2D eigenvalue weighted by atomic mass is 19.1. The molecule has 6 nitrogen and oxygen atoms in total. The molecule has 1 saturated heterocycles. The molecule has 1 aliphatic heterocycles. The van der Waals surface area contributed by atoms with Gasteiger partial charge in [-0.2, -0.15) is 4.98 Å². The summed E-state index contributed by atoms with van der Waals surface area (Å²) >= 11 is 0. The fraction of sp³-hybridized carbons (Fsp3) is 0.318. The van der Waals surface area contributed by atoms with E-state index in [4.69, 9.17) is 4.52 Å². The molecule has 2 aromatic carbocycles. The van der Waals surface area contributed by atoms with Gasteiger partial charge in [-0.1, -0.05) is 47.1 Å². The quantitative estimate of drug-likeness (QED) is 0.707. The van der Waals surface area contributed by atoms with E-state index in [0.717, 1.165) is 18.7 Å². The second-order valence-electron chi connectivity index (χ2n) is 7.40. The number of piperidine rings is 1. The molecular weight excluding hydrogens is 371 g/mol. The monoisotopic (exact) mass is 394 g/mol. The van der Waals surface area contributed by atoms with E-state index in [1.165, 1.54) is 11.6 Å². The number of halogens is 1. The van der Waals surface area contributed by atoms with Gasteiger partial charge < -0.3 is 9.84 Å². The lowest BCUT2D eigenvalue weighted by Crippen LogP contribution is -2.37. The maximum atomic E-state index is 13.7. The number of rotatable bonds is 5.